The largest absolute Gasteiger partial charge is 0.508 e. The molecule has 3 N–H and O–H groups in total. The van der Waals surface area contributed by atoms with Crippen LogP contribution in [0.25, 0.3) is 0 Å². The van der Waals surface area contributed by atoms with Crippen molar-refractivity contribution >= 4 is 5.78 Å². The van der Waals surface area contributed by atoms with E-state index < -0.39 is 17.3 Å². The number of rotatable bonds is 4. The molecule has 110 valence electrons. The molecule has 0 aliphatic carbocycles. The molecular weight excluding hydrogens is 268 g/mol. The van der Waals surface area contributed by atoms with Crippen LogP contribution in [-0.2, 0) is 6.42 Å². The lowest BCUT2D eigenvalue weighted by molar-refractivity contribution is 0.103. The van der Waals surface area contributed by atoms with Gasteiger partial charge in [-0.25, -0.2) is 0 Å². The summed E-state index contributed by atoms with van der Waals surface area (Å²) >= 11 is 0. The highest BCUT2D eigenvalue weighted by Gasteiger charge is 2.19. The van der Waals surface area contributed by atoms with Crippen LogP contribution in [0.5, 0.6) is 17.2 Å². The molecule has 0 fully saturated rings. The molecule has 0 saturated carbocycles. The molecule has 0 unspecified atom stereocenters. The first-order valence-electron chi connectivity index (χ1n) is 6.77. The SMILES string of the molecule is CC(C)Cc1ccc(C(=O)c2c(O)cc(O)cc2O)cc1. The Hall–Kier alpha value is -2.49. The van der Waals surface area contributed by atoms with E-state index in [1.54, 1.807) is 12.1 Å². The van der Waals surface area contributed by atoms with Gasteiger partial charge in [-0.15, -0.1) is 0 Å². The molecule has 0 spiro atoms. The summed E-state index contributed by atoms with van der Waals surface area (Å²) in [4.78, 5) is 12.3. The number of ketones is 1. The Balaban J connectivity index is 2.32. The molecule has 0 saturated heterocycles. The van der Waals surface area contributed by atoms with Crippen LogP contribution in [0.2, 0.25) is 0 Å². The average molecular weight is 286 g/mol. The maximum Gasteiger partial charge on any atom is 0.200 e. The van der Waals surface area contributed by atoms with Crippen molar-refractivity contribution in [1.82, 2.24) is 0 Å². The maximum absolute atomic E-state index is 12.3. The summed E-state index contributed by atoms with van der Waals surface area (Å²) < 4.78 is 0. The van der Waals surface area contributed by atoms with Crippen LogP contribution in [0.3, 0.4) is 0 Å². The number of phenols is 3. The summed E-state index contributed by atoms with van der Waals surface area (Å²) in [5.74, 6) is -1.14. The van der Waals surface area contributed by atoms with E-state index in [2.05, 4.69) is 13.8 Å². The lowest BCUT2D eigenvalue weighted by Crippen LogP contribution is -2.03. The number of benzene rings is 2. The van der Waals surface area contributed by atoms with Crippen molar-refractivity contribution in [2.75, 3.05) is 0 Å². The number of carbonyl (C=O) groups excluding carboxylic acids is 1. The molecule has 0 amide bonds. The summed E-state index contributed by atoms with van der Waals surface area (Å²) in [5, 5.41) is 28.7. The lowest BCUT2D eigenvalue weighted by atomic mass is 9.97. The number of hydrogen-bond donors (Lipinski definition) is 3. The van der Waals surface area contributed by atoms with Gasteiger partial charge in [0.15, 0.2) is 0 Å². The first-order chi connectivity index (χ1) is 9.88. The Morgan fingerprint density at radius 2 is 1.52 bits per heavy atom. The molecule has 2 rings (SSSR count). The van der Waals surface area contributed by atoms with E-state index in [1.807, 2.05) is 12.1 Å². The molecule has 21 heavy (non-hydrogen) atoms. The van der Waals surface area contributed by atoms with Gasteiger partial charge < -0.3 is 15.3 Å². The third-order valence-electron chi connectivity index (χ3n) is 3.17. The minimum atomic E-state index is -0.485. The van der Waals surface area contributed by atoms with Crippen LogP contribution in [0.4, 0.5) is 0 Å². The van der Waals surface area contributed by atoms with E-state index in [1.165, 1.54) is 0 Å². The molecule has 0 heterocycles. The molecule has 4 nitrogen and oxygen atoms in total. The smallest absolute Gasteiger partial charge is 0.200 e. The van der Waals surface area contributed by atoms with Gasteiger partial charge in [0.25, 0.3) is 0 Å². The van der Waals surface area contributed by atoms with Gasteiger partial charge in [0.2, 0.25) is 5.78 Å². The van der Waals surface area contributed by atoms with E-state index >= 15 is 0 Å². The van der Waals surface area contributed by atoms with Crippen LogP contribution in [0.15, 0.2) is 36.4 Å². The van der Waals surface area contributed by atoms with Gasteiger partial charge in [0.1, 0.15) is 22.8 Å². The van der Waals surface area contributed by atoms with Crippen LogP contribution in [-0.4, -0.2) is 21.1 Å². The van der Waals surface area contributed by atoms with E-state index in [0.29, 0.717) is 11.5 Å². The third kappa shape index (κ3) is 3.34. The maximum atomic E-state index is 12.3. The van der Waals surface area contributed by atoms with E-state index in [9.17, 15) is 20.1 Å². The Bertz CT molecular complexity index is 634. The summed E-state index contributed by atoms with van der Waals surface area (Å²) in [6.45, 7) is 4.23. The predicted octanol–water partition coefficient (Wildman–Crippen LogP) is 3.23. The molecule has 0 atom stereocenters. The molecule has 2 aromatic rings. The summed E-state index contributed by atoms with van der Waals surface area (Å²) in [6, 6.07) is 9.13. The molecule has 0 aliphatic rings. The van der Waals surface area contributed by atoms with E-state index in [0.717, 1.165) is 24.1 Å². The highest BCUT2D eigenvalue weighted by Crippen LogP contribution is 2.33. The fourth-order valence-corrected chi connectivity index (χ4v) is 2.24. The lowest BCUT2D eigenvalue weighted by Gasteiger charge is -2.09. The molecule has 0 radical (unpaired) electrons. The van der Waals surface area contributed by atoms with Crippen molar-refractivity contribution in [3.05, 3.63) is 53.1 Å². The summed E-state index contributed by atoms with van der Waals surface area (Å²) in [6.07, 6.45) is 0.921. The average Bonchev–Trinajstić information content (AvgIpc) is 2.37. The molecule has 2 aromatic carbocycles. The van der Waals surface area contributed by atoms with Gasteiger partial charge >= 0.3 is 0 Å². The topological polar surface area (TPSA) is 77.8 Å². The molecular formula is C17H18O4. The zero-order valence-corrected chi connectivity index (χ0v) is 12.0. The highest BCUT2D eigenvalue weighted by molar-refractivity contribution is 6.12. The van der Waals surface area contributed by atoms with E-state index in [-0.39, 0.29) is 11.3 Å². The monoisotopic (exact) mass is 286 g/mol. The fourth-order valence-electron chi connectivity index (χ4n) is 2.24. The first kappa shape index (κ1) is 14.9. The summed E-state index contributed by atoms with van der Waals surface area (Å²) in [5.41, 5.74) is 1.30. The zero-order chi connectivity index (χ0) is 15.6. The second-order valence-corrected chi connectivity index (χ2v) is 5.48. The Morgan fingerprint density at radius 3 is 2.00 bits per heavy atom. The Labute approximate surface area is 123 Å². The molecule has 0 aromatic heterocycles. The van der Waals surface area contributed by atoms with Crippen LogP contribution in [0, 0.1) is 5.92 Å². The first-order valence-corrected chi connectivity index (χ1v) is 6.77. The van der Waals surface area contributed by atoms with Crippen molar-refractivity contribution < 1.29 is 20.1 Å². The van der Waals surface area contributed by atoms with Crippen LogP contribution in [0.1, 0.15) is 35.3 Å². The van der Waals surface area contributed by atoms with Gasteiger partial charge in [0.05, 0.1) is 0 Å². The standard InChI is InChI=1S/C17H18O4/c1-10(2)7-11-3-5-12(6-4-11)17(21)16-14(19)8-13(18)9-15(16)20/h3-6,8-10,18-20H,7H2,1-2H3. The number of carbonyl (C=O) groups is 1. The number of phenolic OH excluding ortho intramolecular Hbond substituents is 3. The second kappa shape index (κ2) is 5.87. The van der Waals surface area contributed by atoms with Crippen molar-refractivity contribution in [2.24, 2.45) is 5.92 Å². The van der Waals surface area contributed by atoms with Crippen molar-refractivity contribution in [1.29, 1.82) is 0 Å². The molecule has 4 heteroatoms. The van der Waals surface area contributed by atoms with Gasteiger partial charge in [-0.3, -0.25) is 4.79 Å². The minimum Gasteiger partial charge on any atom is -0.508 e. The van der Waals surface area contributed by atoms with Crippen molar-refractivity contribution in [2.45, 2.75) is 20.3 Å². The molecule has 0 aliphatic heterocycles. The van der Waals surface area contributed by atoms with Gasteiger partial charge in [-0.05, 0) is 17.9 Å². The van der Waals surface area contributed by atoms with Crippen LogP contribution >= 0.6 is 0 Å². The normalized spacial score (nSPS) is 10.8. The number of hydrogen-bond acceptors (Lipinski definition) is 4. The molecule has 0 bridgehead atoms. The summed E-state index contributed by atoms with van der Waals surface area (Å²) in [7, 11) is 0. The highest BCUT2D eigenvalue weighted by atomic mass is 16.3. The van der Waals surface area contributed by atoms with Crippen molar-refractivity contribution in [3.63, 3.8) is 0 Å². The second-order valence-electron chi connectivity index (χ2n) is 5.48. The van der Waals surface area contributed by atoms with Crippen molar-refractivity contribution in [3.8, 4) is 17.2 Å². The van der Waals surface area contributed by atoms with Gasteiger partial charge in [0, 0.05) is 17.7 Å². The minimum absolute atomic E-state index is 0.204. The third-order valence-corrected chi connectivity index (χ3v) is 3.17. The fraction of sp³-hybridized carbons (Fsp3) is 0.235. The van der Waals surface area contributed by atoms with Crippen LogP contribution < -0.4 is 0 Å². The van der Waals surface area contributed by atoms with Gasteiger partial charge in [-0.1, -0.05) is 38.1 Å². The Kier molecular flexibility index (Phi) is 4.17. The Morgan fingerprint density at radius 1 is 1.00 bits per heavy atom. The number of aromatic hydroxyl groups is 3. The van der Waals surface area contributed by atoms with Gasteiger partial charge in [-0.2, -0.15) is 0 Å². The zero-order valence-electron chi connectivity index (χ0n) is 12.0. The predicted molar refractivity (Wildman–Crippen MR) is 79.9 cm³/mol. The quantitative estimate of drug-likeness (QED) is 0.754. The van der Waals surface area contributed by atoms with E-state index in [4.69, 9.17) is 0 Å².